The van der Waals surface area contributed by atoms with Gasteiger partial charge in [0.05, 0.1) is 20.5 Å². The summed E-state index contributed by atoms with van der Waals surface area (Å²) in [6.07, 6.45) is 2.17. The third-order valence-electron chi connectivity index (χ3n) is 3.89. The van der Waals surface area contributed by atoms with E-state index < -0.39 is 5.97 Å². The van der Waals surface area contributed by atoms with E-state index in [0.717, 1.165) is 28.2 Å². The number of carbonyl (C=O) groups is 1. The van der Waals surface area contributed by atoms with Crippen molar-refractivity contribution < 1.29 is 19.1 Å². The minimum atomic E-state index is -0.435. The summed E-state index contributed by atoms with van der Waals surface area (Å²) in [6, 6.07) is 17.6. The highest BCUT2D eigenvalue weighted by atomic mass is 32.2. The van der Waals surface area contributed by atoms with Gasteiger partial charge in [-0.15, -0.1) is 11.8 Å². The van der Waals surface area contributed by atoms with Crippen molar-refractivity contribution in [1.82, 2.24) is 0 Å². The molecule has 28 heavy (non-hydrogen) atoms. The zero-order chi connectivity index (χ0) is 20.2. The van der Waals surface area contributed by atoms with Gasteiger partial charge in [0, 0.05) is 5.75 Å². The number of ether oxygens (including phenoxy) is 2. The standard InChI is InChI=1S/C22H25NO4S/c1-4-21(23-27-14-17-10-6-5-7-11-17)28-16-18-12-8-9-13-19(18)20(15-25-2)22(24)26-3/h5-13,15H,4,14,16H2,1-3H3/b20-15+,23-21+. The molecule has 0 fully saturated rings. The van der Waals surface area contributed by atoms with Gasteiger partial charge in [-0.25, -0.2) is 4.79 Å². The van der Waals surface area contributed by atoms with Crippen LogP contribution < -0.4 is 0 Å². The van der Waals surface area contributed by atoms with E-state index in [-0.39, 0.29) is 0 Å². The van der Waals surface area contributed by atoms with Gasteiger partial charge in [-0.1, -0.05) is 66.7 Å². The average molecular weight is 400 g/mol. The van der Waals surface area contributed by atoms with E-state index in [4.69, 9.17) is 14.3 Å². The summed E-state index contributed by atoms with van der Waals surface area (Å²) in [5.41, 5.74) is 3.23. The second-order valence-corrected chi connectivity index (χ2v) is 6.85. The van der Waals surface area contributed by atoms with Crippen molar-refractivity contribution >= 4 is 28.3 Å². The Labute approximate surface area is 170 Å². The number of nitrogens with zero attached hydrogens (tertiary/aromatic N) is 1. The number of thioether (sulfide) groups is 1. The molecule has 0 radical (unpaired) electrons. The molecule has 0 saturated carbocycles. The van der Waals surface area contributed by atoms with Crippen molar-refractivity contribution in [2.75, 3.05) is 14.2 Å². The number of oxime groups is 1. The van der Waals surface area contributed by atoms with Gasteiger partial charge in [-0.2, -0.15) is 0 Å². The third kappa shape index (κ3) is 6.46. The van der Waals surface area contributed by atoms with Crippen LogP contribution in [0.2, 0.25) is 0 Å². The number of rotatable bonds is 9. The molecule has 0 unspecified atom stereocenters. The molecule has 6 heteroatoms. The molecule has 0 aromatic heterocycles. The van der Waals surface area contributed by atoms with Gasteiger partial charge in [0.2, 0.25) is 0 Å². The Morgan fingerprint density at radius 1 is 1.07 bits per heavy atom. The summed E-state index contributed by atoms with van der Waals surface area (Å²) < 4.78 is 9.94. The average Bonchev–Trinajstić information content (AvgIpc) is 2.75. The number of benzene rings is 2. The highest BCUT2D eigenvalue weighted by Gasteiger charge is 2.17. The first-order valence-corrected chi connectivity index (χ1v) is 9.93. The molecular weight excluding hydrogens is 374 g/mol. The second kappa shape index (κ2) is 11.9. The summed E-state index contributed by atoms with van der Waals surface area (Å²) >= 11 is 1.58. The Bertz CT molecular complexity index is 818. The highest BCUT2D eigenvalue weighted by Crippen LogP contribution is 2.25. The third-order valence-corrected chi connectivity index (χ3v) is 5.04. The van der Waals surface area contributed by atoms with Gasteiger partial charge >= 0.3 is 5.97 Å². The molecule has 0 bridgehead atoms. The predicted octanol–water partition coefficient (Wildman–Crippen LogP) is 5.02. The van der Waals surface area contributed by atoms with Crippen LogP contribution in [0.15, 0.2) is 66.0 Å². The van der Waals surface area contributed by atoms with Gasteiger partial charge in [-0.05, 0) is 23.1 Å². The molecule has 0 amide bonds. The minimum Gasteiger partial charge on any atom is -0.503 e. The summed E-state index contributed by atoms with van der Waals surface area (Å²) in [7, 11) is 2.86. The molecule has 0 aliphatic carbocycles. The lowest BCUT2D eigenvalue weighted by atomic mass is 10.0. The minimum absolute atomic E-state index is 0.386. The van der Waals surface area contributed by atoms with E-state index in [9.17, 15) is 4.79 Å². The molecule has 0 N–H and O–H groups in total. The summed E-state index contributed by atoms with van der Waals surface area (Å²) in [4.78, 5) is 17.6. The first-order valence-electron chi connectivity index (χ1n) is 8.94. The smallest absolute Gasteiger partial charge is 0.341 e. The number of methoxy groups -OCH3 is 2. The highest BCUT2D eigenvalue weighted by molar-refractivity contribution is 8.13. The molecule has 0 atom stereocenters. The maximum atomic E-state index is 12.1. The predicted molar refractivity (Wildman–Crippen MR) is 114 cm³/mol. The Morgan fingerprint density at radius 2 is 1.79 bits per heavy atom. The molecule has 5 nitrogen and oxygen atoms in total. The largest absolute Gasteiger partial charge is 0.503 e. The number of esters is 1. The van der Waals surface area contributed by atoms with Gasteiger partial charge in [-0.3, -0.25) is 0 Å². The normalized spacial score (nSPS) is 11.8. The fourth-order valence-corrected chi connectivity index (χ4v) is 3.35. The van der Waals surface area contributed by atoms with Crippen LogP contribution in [-0.4, -0.2) is 25.2 Å². The molecular formula is C22H25NO4S. The zero-order valence-electron chi connectivity index (χ0n) is 16.4. The van der Waals surface area contributed by atoms with Crippen molar-refractivity contribution in [3.63, 3.8) is 0 Å². The lowest BCUT2D eigenvalue weighted by Gasteiger charge is -2.12. The lowest BCUT2D eigenvalue weighted by molar-refractivity contribution is -0.133. The molecule has 0 saturated heterocycles. The molecule has 0 spiro atoms. The number of hydrogen-bond donors (Lipinski definition) is 0. The van der Waals surface area contributed by atoms with Crippen molar-refractivity contribution in [2.24, 2.45) is 5.16 Å². The Balaban J connectivity index is 2.07. The van der Waals surface area contributed by atoms with E-state index in [1.165, 1.54) is 20.5 Å². The van der Waals surface area contributed by atoms with Crippen LogP contribution in [0.25, 0.3) is 5.57 Å². The van der Waals surface area contributed by atoms with E-state index >= 15 is 0 Å². The number of hydrogen-bond acceptors (Lipinski definition) is 6. The van der Waals surface area contributed by atoms with Crippen LogP contribution in [0.1, 0.15) is 30.0 Å². The van der Waals surface area contributed by atoms with Crippen LogP contribution in [-0.2, 0) is 31.5 Å². The van der Waals surface area contributed by atoms with Crippen molar-refractivity contribution in [2.45, 2.75) is 25.7 Å². The molecule has 2 aromatic rings. The Hall–Kier alpha value is -2.73. The van der Waals surface area contributed by atoms with E-state index in [0.29, 0.717) is 17.9 Å². The fraction of sp³-hybridized carbons (Fsp3) is 0.273. The van der Waals surface area contributed by atoms with Crippen LogP contribution >= 0.6 is 11.8 Å². The molecule has 2 aromatic carbocycles. The maximum Gasteiger partial charge on any atom is 0.341 e. The Kier molecular flexibility index (Phi) is 9.15. The van der Waals surface area contributed by atoms with Crippen molar-refractivity contribution in [1.29, 1.82) is 0 Å². The van der Waals surface area contributed by atoms with E-state index in [2.05, 4.69) is 5.16 Å². The number of carbonyl (C=O) groups excluding carboxylic acids is 1. The van der Waals surface area contributed by atoms with E-state index in [1.807, 2.05) is 61.5 Å². The van der Waals surface area contributed by atoms with Crippen LogP contribution in [0.5, 0.6) is 0 Å². The lowest BCUT2D eigenvalue weighted by Crippen LogP contribution is -2.07. The molecule has 148 valence electrons. The van der Waals surface area contributed by atoms with Gasteiger partial charge in [0.25, 0.3) is 0 Å². The maximum absolute atomic E-state index is 12.1. The zero-order valence-corrected chi connectivity index (χ0v) is 17.2. The molecule has 0 heterocycles. The second-order valence-electron chi connectivity index (χ2n) is 5.80. The molecule has 0 aliphatic rings. The topological polar surface area (TPSA) is 57.1 Å². The quantitative estimate of drug-likeness (QED) is 0.148. The molecule has 2 rings (SSSR count). The van der Waals surface area contributed by atoms with E-state index in [1.54, 1.807) is 11.8 Å². The van der Waals surface area contributed by atoms with Gasteiger partial charge in [0.15, 0.2) is 0 Å². The monoisotopic (exact) mass is 399 g/mol. The fourth-order valence-electron chi connectivity index (χ4n) is 2.47. The van der Waals surface area contributed by atoms with Crippen molar-refractivity contribution in [3.8, 4) is 0 Å². The SMILES string of the molecule is CC/C(=N\OCc1ccccc1)SCc1ccccc1/C(=C\OC)C(=O)OC. The van der Waals surface area contributed by atoms with Gasteiger partial charge < -0.3 is 14.3 Å². The van der Waals surface area contributed by atoms with Crippen LogP contribution in [0.3, 0.4) is 0 Å². The summed E-state index contributed by atoms with van der Waals surface area (Å²) in [5, 5.41) is 5.15. The van der Waals surface area contributed by atoms with Gasteiger partial charge in [0.1, 0.15) is 17.2 Å². The van der Waals surface area contributed by atoms with Crippen molar-refractivity contribution in [3.05, 3.63) is 77.5 Å². The van der Waals surface area contributed by atoms with Crippen LogP contribution in [0, 0.1) is 0 Å². The first kappa shape index (κ1) is 21.6. The summed E-state index contributed by atoms with van der Waals surface area (Å²) in [5.74, 6) is 0.213. The molecule has 0 aliphatic heterocycles. The van der Waals surface area contributed by atoms with Crippen LogP contribution in [0.4, 0.5) is 0 Å². The summed E-state index contributed by atoms with van der Waals surface area (Å²) in [6.45, 7) is 2.47. The first-order chi connectivity index (χ1) is 13.7. The Morgan fingerprint density at radius 3 is 2.46 bits per heavy atom.